The third-order valence-electron chi connectivity index (χ3n) is 4.72. The Kier molecular flexibility index (Phi) is 6.09. The number of ether oxygens (including phenoxy) is 1. The second-order valence-electron chi connectivity index (χ2n) is 8.01. The molecule has 5 nitrogen and oxygen atoms in total. The van der Waals surface area contributed by atoms with Crippen molar-refractivity contribution >= 4 is 6.09 Å². The molecule has 2 aliphatic rings. The van der Waals surface area contributed by atoms with Crippen LogP contribution in [0.4, 0.5) is 4.79 Å². The molecule has 3 atom stereocenters. The molecule has 2 N–H and O–H groups in total. The van der Waals surface area contributed by atoms with Gasteiger partial charge in [-0.1, -0.05) is 6.42 Å². The molecule has 1 aliphatic heterocycles. The van der Waals surface area contributed by atoms with Crippen LogP contribution in [0.1, 0.15) is 46.5 Å². The van der Waals surface area contributed by atoms with E-state index < -0.39 is 5.60 Å². The lowest BCUT2D eigenvalue weighted by atomic mass is 10.0. The lowest BCUT2D eigenvalue weighted by Gasteiger charge is -2.24. The fraction of sp³-hybridized carbons (Fsp3) is 0.941. The molecule has 22 heavy (non-hydrogen) atoms. The van der Waals surface area contributed by atoms with E-state index in [-0.39, 0.29) is 6.09 Å². The maximum Gasteiger partial charge on any atom is 0.407 e. The van der Waals surface area contributed by atoms with Crippen LogP contribution in [0.5, 0.6) is 0 Å². The first-order valence-electron chi connectivity index (χ1n) is 8.72. The zero-order valence-electron chi connectivity index (χ0n) is 14.7. The number of carbonyl (C=O) groups is 1. The van der Waals surface area contributed by atoms with E-state index >= 15 is 0 Å². The van der Waals surface area contributed by atoms with Crippen molar-refractivity contribution in [2.75, 3.05) is 33.2 Å². The average molecular weight is 311 g/mol. The fourth-order valence-electron chi connectivity index (χ4n) is 3.59. The number of hydrogen-bond acceptors (Lipinski definition) is 4. The van der Waals surface area contributed by atoms with Crippen LogP contribution in [0.25, 0.3) is 0 Å². The predicted octanol–water partition coefficient (Wildman–Crippen LogP) is 2.22. The molecule has 3 unspecified atom stereocenters. The summed E-state index contributed by atoms with van der Waals surface area (Å²) in [4.78, 5) is 14.2. The SMILES string of the molecule is CN1CCC(CNC2CCCC2CNC(=O)OC(C)(C)C)C1. The Morgan fingerprint density at radius 3 is 2.64 bits per heavy atom. The van der Waals surface area contributed by atoms with E-state index in [0.29, 0.717) is 12.0 Å². The van der Waals surface area contributed by atoms with E-state index in [0.717, 1.165) is 19.0 Å². The molecule has 1 aliphatic carbocycles. The Bertz CT molecular complexity index is 367. The van der Waals surface area contributed by atoms with Gasteiger partial charge in [0, 0.05) is 19.1 Å². The van der Waals surface area contributed by atoms with Gasteiger partial charge in [0.25, 0.3) is 0 Å². The summed E-state index contributed by atoms with van der Waals surface area (Å²) in [5, 5.41) is 6.68. The summed E-state index contributed by atoms with van der Waals surface area (Å²) >= 11 is 0. The average Bonchev–Trinajstić information content (AvgIpc) is 3.00. The van der Waals surface area contributed by atoms with Gasteiger partial charge in [0.05, 0.1) is 0 Å². The monoisotopic (exact) mass is 311 g/mol. The lowest BCUT2D eigenvalue weighted by Crippen LogP contribution is -2.42. The third kappa shape index (κ3) is 5.76. The van der Waals surface area contributed by atoms with Crippen molar-refractivity contribution in [2.45, 2.75) is 58.1 Å². The largest absolute Gasteiger partial charge is 0.444 e. The molecule has 1 heterocycles. The van der Waals surface area contributed by atoms with E-state index in [4.69, 9.17) is 4.74 Å². The molecular weight excluding hydrogens is 278 g/mol. The third-order valence-corrected chi connectivity index (χ3v) is 4.72. The number of hydrogen-bond donors (Lipinski definition) is 2. The van der Waals surface area contributed by atoms with Gasteiger partial charge in [-0.05, 0) is 72.0 Å². The highest BCUT2D eigenvalue weighted by molar-refractivity contribution is 5.67. The number of rotatable bonds is 5. The van der Waals surface area contributed by atoms with E-state index in [1.165, 1.54) is 38.8 Å². The summed E-state index contributed by atoms with van der Waals surface area (Å²) in [5.41, 5.74) is -0.425. The van der Waals surface area contributed by atoms with Gasteiger partial charge in [-0.15, -0.1) is 0 Å². The van der Waals surface area contributed by atoms with Gasteiger partial charge >= 0.3 is 6.09 Å². The minimum absolute atomic E-state index is 0.296. The molecular formula is C17H33N3O2. The summed E-state index contributed by atoms with van der Waals surface area (Å²) in [6.45, 7) is 9.94. The number of alkyl carbamates (subject to hydrolysis) is 1. The molecule has 0 spiro atoms. The first-order valence-corrected chi connectivity index (χ1v) is 8.72. The molecule has 2 fully saturated rings. The summed E-state index contributed by atoms with van der Waals surface area (Å²) in [6.07, 6.45) is 4.68. The smallest absolute Gasteiger partial charge is 0.407 e. The van der Waals surface area contributed by atoms with Gasteiger partial charge in [-0.25, -0.2) is 4.79 Å². The van der Waals surface area contributed by atoms with E-state index in [2.05, 4.69) is 22.6 Å². The van der Waals surface area contributed by atoms with Gasteiger partial charge < -0.3 is 20.3 Å². The van der Waals surface area contributed by atoms with Crippen LogP contribution in [-0.4, -0.2) is 55.9 Å². The Balaban J connectivity index is 1.68. The van der Waals surface area contributed by atoms with Gasteiger partial charge in [-0.2, -0.15) is 0 Å². The quantitative estimate of drug-likeness (QED) is 0.817. The molecule has 2 rings (SSSR count). The van der Waals surface area contributed by atoms with Crippen molar-refractivity contribution in [3.8, 4) is 0 Å². The van der Waals surface area contributed by atoms with Crippen LogP contribution in [0.2, 0.25) is 0 Å². The standard InChI is InChI=1S/C17H33N3O2/c1-17(2,3)22-16(21)19-11-14-6-5-7-15(14)18-10-13-8-9-20(4)12-13/h13-15,18H,5-12H2,1-4H3,(H,19,21). The molecule has 0 aromatic heterocycles. The molecule has 5 heteroatoms. The zero-order chi connectivity index (χ0) is 16.2. The molecule has 1 saturated carbocycles. The summed E-state index contributed by atoms with van der Waals surface area (Å²) in [5.74, 6) is 1.32. The summed E-state index contributed by atoms with van der Waals surface area (Å²) in [6, 6.07) is 0.542. The predicted molar refractivity (Wildman–Crippen MR) is 89.0 cm³/mol. The lowest BCUT2D eigenvalue weighted by molar-refractivity contribution is 0.0517. The number of nitrogens with zero attached hydrogens (tertiary/aromatic N) is 1. The first kappa shape index (κ1) is 17.5. The maximum absolute atomic E-state index is 11.8. The maximum atomic E-state index is 11.8. The summed E-state index contributed by atoms with van der Waals surface area (Å²) in [7, 11) is 2.20. The van der Waals surface area contributed by atoms with Crippen molar-refractivity contribution < 1.29 is 9.53 Å². The number of nitrogens with one attached hydrogen (secondary N) is 2. The van der Waals surface area contributed by atoms with Gasteiger partial charge in [-0.3, -0.25) is 0 Å². The topological polar surface area (TPSA) is 53.6 Å². The Morgan fingerprint density at radius 2 is 2.00 bits per heavy atom. The highest BCUT2D eigenvalue weighted by atomic mass is 16.6. The van der Waals surface area contributed by atoms with E-state index in [9.17, 15) is 4.79 Å². The molecule has 0 aromatic rings. The molecule has 1 amide bonds. The summed E-state index contributed by atoms with van der Waals surface area (Å²) < 4.78 is 5.31. The number of likely N-dealkylation sites (tertiary alicyclic amines) is 1. The Hall–Kier alpha value is -0.810. The number of amides is 1. The molecule has 0 bridgehead atoms. The molecule has 0 radical (unpaired) electrons. The van der Waals surface area contributed by atoms with Crippen LogP contribution in [0, 0.1) is 11.8 Å². The van der Waals surface area contributed by atoms with Crippen molar-refractivity contribution in [2.24, 2.45) is 11.8 Å². The highest BCUT2D eigenvalue weighted by Crippen LogP contribution is 2.26. The van der Waals surface area contributed by atoms with Crippen LogP contribution in [-0.2, 0) is 4.74 Å². The second-order valence-corrected chi connectivity index (χ2v) is 8.01. The van der Waals surface area contributed by atoms with Crippen molar-refractivity contribution in [3.63, 3.8) is 0 Å². The second kappa shape index (κ2) is 7.64. The van der Waals surface area contributed by atoms with Crippen molar-refractivity contribution in [1.29, 1.82) is 0 Å². The molecule has 0 aromatic carbocycles. The zero-order valence-corrected chi connectivity index (χ0v) is 14.7. The minimum Gasteiger partial charge on any atom is -0.444 e. The van der Waals surface area contributed by atoms with Crippen LogP contribution in [0.15, 0.2) is 0 Å². The van der Waals surface area contributed by atoms with Crippen molar-refractivity contribution in [1.82, 2.24) is 15.5 Å². The Morgan fingerprint density at radius 1 is 1.23 bits per heavy atom. The Labute approximate surface area is 135 Å². The number of carbonyl (C=O) groups excluding carboxylic acids is 1. The fourth-order valence-corrected chi connectivity index (χ4v) is 3.59. The molecule has 128 valence electrons. The first-order chi connectivity index (χ1) is 10.3. The van der Waals surface area contributed by atoms with Crippen LogP contribution in [0.3, 0.4) is 0 Å². The van der Waals surface area contributed by atoms with Crippen molar-refractivity contribution in [3.05, 3.63) is 0 Å². The van der Waals surface area contributed by atoms with E-state index in [1.807, 2.05) is 20.8 Å². The minimum atomic E-state index is -0.425. The van der Waals surface area contributed by atoms with Gasteiger partial charge in [0.15, 0.2) is 0 Å². The van der Waals surface area contributed by atoms with Gasteiger partial charge in [0.2, 0.25) is 0 Å². The molecule has 1 saturated heterocycles. The van der Waals surface area contributed by atoms with Gasteiger partial charge in [0.1, 0.15) is 5.60 Å². The van der Waals surface area contributed by atoms with Crippen LogP contribution < -0.4 is 10.6 Å². The normalized spacial score (nSPS) is 29.7. The highest BCUT2D eigenvalue weighted by Gasteiger charge is 2.29. The van der Waals surface area contributed by atoms with E-state index in [1.54, 1.807) is 0 Å². The van der Waals surface area contributed by atoms with Crippen LogP contribution >= 0.6 is 0 Å².